The van der Waals surface area contributed by atoms with Crippen LogP contribution in [0.2, 0.25) is 0 Å². The Labute approximate surface area is 144 Å². The topological polar surface area (TPSA) is 117 Å². The molecule has 0 aliphatic heterocycles. The number of likely N-dealkylation sites (N-methyl/N-ethyl adjacent to an activating group) is 1. The molecule has 2 aromatic rings. The van der Waals surface area contributed by atoms with Crippen molar-refractivity contribution in [2.75, 3.05) is 18.9 Å². The standard InChI is InChI=1S/C16H19N5O4/c1-10-5-4-6-12(11(10)2)17-14(22)8-20(3)15(23)9-21-7-13(16(24)25)18-19-21/h4-7H,8-9H2,1-3H3,(H,17,22)(H,24,25). The average Bonchev–Trinajstić information content (AvgIpc) is 3.00. The minimum Gasteiger partial charge on any atom is -0.476 e. The van der Waals surface area contributed by atoms with Crippen LogP contribution in [0.1, 0.15) is 21.6 Å². The summed E-state index contributed by atoms with van der Waals surface area (Å²) in [4.78, 5) is 36.2. The molecule has 2 rings (SSSR count). The summed E-state index contributed by atoms with van der Waals surface area (Å²) in [6.45, 7) is 3.52. The first kappa shape index (κ1) is 18.1. The Hall–Kier alpha value is -3.23. The first-order valence-electron chi connectivity index (χ1n) is 7.51. The van der Waals surface area contributed by atoms with E-state index in [1.54, 1.807) is 6.07 Å². The molecule has 9 heteroatoms. The molecule has 2 amide bonds. The molecular weight excluding hydrogens is 326 g/mol. The van der Waals surface area contributed by atoms with Gasteiger partial charge in [0.2, 0.25) is 11.8 Å². The zero-order valence-electron chi connectivity index (χ0n) is 14.2. The van der Waals surface area contributed by atoms with Gasteiger partial charge < -0.3 is 15.3 Å². The van der Waals surface area contributed by atoms with E-state index >= 15 is 0 Å². The van der Waals surface area contributed by atoms with Crippen LogP contribution in [0.15, 0.2) is 24.4 Å². The van der Waals surface area contributed by atoms with E-state index in [0.29, 0.717) is 5.69 Å². The zero-order valence-corrected chi connectivity index (χ0v) is 14.2. The molecule has 1 aromatic carbocycles. The Bertz CT molecular complexity index is 815. The highest BCUT2D eigenvalue weighted by atomic mass is 16.4. The first-order valence-corrected chi connectivity index (χ1v) is 7.51. The lowest BCUT2D eigenvalue weighted by molar-refractivity contribution is -0.134. The first-order chi connectivity index (χ1) is 11.8. The molecule has 0 saturated carbocycles. The second kappa shape index (κ2) is 7.56. The van der Waals surface area contributed by atoms with E-state index in [0.717, 1.165) is 22.0 Å². The molecule has 0 radical (unpaired) electrons. The van der Waals surface area contributed by atoms with E-state index in [1.165, 1.54) is 11.9 Å². The van der Waals surface area contributed by atoms with Crippen molar-refractivity contribution in [3.8, 4) is 0 Å². The Morgan fingerprint density at radius 1 is 1.28 bits per heavy atom. The van der Waals surface area contributed by atoms with Crippen molar-refractivity contribution in [3.05, 3.63) is 41.2 Å². The van der Waals surface area contributed by atoms with Gasteiger partial charge in [-0.15, -0.1) is 5.10 Å². The fourth-order valence-corrected chi connectivity index (χ4v) is 2.11. The summed E-state index contributed by atoms with van der Waals surface area (Å²) >= 11 is 0. The number of nitrogens with zero attached hydrogens (tertiary/aromatic N) is 4. The van der Waals surface area contributed by atoms with Crippen LogP contribution < -0.4 is 5.32 Å². The van der Waals surface area contributed by atoms with Crippen LogP contribution in [0.25, 0.3) is 0 Å². The highest BCUT2D eigenvalue weighted by Crippen LogP contribution is 2.17. The van der Waals surface area contributed by atoms with E-state index in [-0.39, 0.29) is 24.7 Å². The Kier molecular flexibility index (Phi) is 5.48. The molecule has 0 bridgehead atoms. The van der Waals surface area contributed by atoms with Crippen molar-refractivity contribution in [2.24, 2.45) is 0 Å². The van der Waals surface area contributed by atoms with Gasteiger partial charge in [0.15, 0.2) is 5.69 Å². The van der Waals surface area contributed by atoms with Gasteiger partial charge in [0.1, 0.15) is 6.54 Å². The third-order valence-corrected chi connectivity index (χ3v) is 3.74. The van der Waals surface area contributed by atoms with Gasteiger partial charge in [-0.25, -0.2) is 9.48 Å². The summed E-state index contributed by atoms with van der Waals surface area (Å²) in [5, 5.41) is 18.5. The molecule has 132 valence electrons. The fourth-order valence-electron chi connectivity index (χ4n) is 2.11. The van der Waals surface area contributed by atoms with Crippen LogP contribution in [0.3, 0.4) is 0 Å². The van der Waals surface area contributed by atoms with Crippen LogP contribution in [-0.2, 0) is 16.1 Å². The van der Waals surface area contributed by atoms with E-state index in [2.05, 4.69) is 15.6 Å². The molecule has 9 nitrogen and oxygen atoms in total. The number of aryl methyl sites for hydroxylation is 1. The maximum atomic E-state index is 12.1. The highest BCUT2D eigenvalue weighted by Gasteiger charge is 2.16. The number of anilines is 1. The fraction of sp³-hybridized carbons (Fsp3) is 0.312. The number of hydrogen-bond donors (Lipinski definition) is 2. The van der Waals surface area contributed by atoms with Crippen LogP contribution in [-0.4, -0.2) is 56.4 Å². The lowest BCUT2D eigenvalue weighted by Crippen LogP contribution is -2.37. The average molecular weight is 345 g/mol. The van der Waals surface area contributed by atoms with Crippen LogP contribution in [0, 0.1) is 13.8 Å². The molecule has 0 atom stereocenters. The molecule has 1 aromatic heterocycles. The quantitative estimate of drug-likeness (QED) is 0.795. The normalized spacial score (nSPS) is 10.4. The molecule has 0 fully saturated rings. The van der Waals surface area contributed by atoms with E-state index in [9.17, 15) is 14.4 Å². The zero-order chi connectivity index (χ0) is 18.6. The molecule has 0 aliphatic carbocycles. The number of nitrogens with one attached hydrogen (secondary N) is 1. The minimum atomic E-state index is -1.22. The maximum Gasteiger partial charge on any atom is 0.358 e. The summed E-state index contributed by atoms with van der Waals surface area (Å²) < 4.78 is 1.12. The minimum absolute atomic E-state index is 0.132. The monoisotopic (exact) mass is 345 g/mol. The second-order valence-electron chi connectivity index (χ2n) is 5.65. The number of amides is 2. The molecule has 0 unspecified atom stereocenters. The van der Waals surface area contributed by atoms with Crippen molar-refractivity contribution in [3.63, 3.8) is 0 Å². The van der Waals surface area contributed by atoms with E-state index < -0.39 is 11.9 Å². The summed E-state index contributed by atoms with van der Waals surface area (Å²) in [6.07, 6.45) is 1.16. The van der Waals surface area contributed by atoms with Crippen LogP contribution in [0.4, 0.5) is 5.69 Å². The van der Waals surface area contributed by atoms with E-state index in [4.69, 9.17) is 5.11 Å². The van der Waals surface area contributed by atoms with Crippen molar-refractivity contribution < 1.29 is 19.5 Å². The number of aromatic nitrogens is 3. The lowest BCUT2D eigenvalue weighted by Gasteiger charge is -2.17. The molecule has 0 saturated heterocycles. The van der Waals surface area contributed by atoms with Gasteiger partial charge in [-0.05, 0) is 31.0 Å². The highest BCUT2D eigenvalue weighted by molar-refractivity contribution is 5.95. The number of hydrogen-bond acceptors (Lipinski definition) is 5. The summed E-state index contributed by atoms with van der Waals surface area (Å²) in [5.41, 5.74) is 2.48. The van der Waals surface area contributed by atoms with Gasteiger partial charge in [0.05, 0.1) is 12.7 Å². The number of aromatic carboxylic acids is 1. The van der Waals surface area contributed by atoms with Crippen molar-refractivity contribution in [1.82, 2.24) is 19.9 Å². The van der Waals surface area contributed by atoms with Crippen LogP contribution >= 0.6 is 0 Å². The number of carbonyl (C=O) groups is 3. The third kappa shape index (κ3) is 4.63. The maximum absolute atomic E-state index is 12.1. The van der Waals surface area contributed by atoms with Gasteiger partial charge in [-0.1, -0.05) is 17.3 Å². The SMILES string of the molecule is Cc1cccc(NC(=O)CN(C)C(=O)Cn2cc(C(=O)O)nn2)c1C. The summed E-state index contributed by atoms with van der Waals surface area (Å²) in [7, 11) is 1.49. The van der Waals surface area contributed by atoms with Crippen molar-refractivity contribution in [1.29, 1.82) is 0 Å². The Balaban J connectivity index is 1.92. The number of benzene rings is 1. The van der Waals surface area contributed by atoms with Gasteiger partial charge >= 0.3 is 5.97 Å². The van der Waals surface area contributed by atoms with Gasteiger partial charge in [-0.2, -0.15) is 0 Å². The van der Waals surface area contributed by atoms with Crippen molar-refractivity contribution in [2.45, 2.75) is 20.4 Å². The Morgan fingerprint density at radius 2 is 2.00 bits per heavy atom. The number of carboxylic acids is 1. The summed E-state index contributed by atoms with van der Waals surface area (Å²) in [6, 6.07) is 5.59. The molecule has 1 heterocycles. The lowest BCUT2D eigenvalue weighted by atomic mass is 10.1. The van der Waals surface area contributed by atoms with Gasteiger partial charge in [0.25, 0.3) is 0 Å². The second-order valence-corrected chi connectivity index (χ2v) is 5.65. The Morgan fingerprint density at radius 3 is 2.64 bits per heavy atom. The van der Waals surface area contributed by atoms with Gasteiger partial charge in [-0.3, -0.25) is 9.59 Å². The smallest absolute Gasteiger partial charge is 0.358 e. The number of rotatable bonds is 6. The molecule has 2 N–H and O–H groups in total. The third-order valence-electron chi connectivity index (χ3n) is 3.74. The summed E-state index contributed by atoms with van der Waals surface area (Å²) in [5.74, 6) is -1.94. The molecular formula is C16H19N5O4. The predicted molar refractivity (Wildman–Crippen MR) is 89.2 cm³/mol. The van der Waals surface area contributed by atoms with Crippen molar-refractivity contribution >= 4 is 23.5 Å². The number of carboxylic acid groups (broad SMARTS) is 1. The molecule has 0 spiro atoms. The van der Waals surface area contributed by atoms with Gasteiger partial charge in [0, 0.05) is 12.7 Å². The largest absolute Gasteiger partial charge is 0.476 e. The van der Waals surface area contributed by atoms with E-state index in [1.807, 2.05) is 26.0 Å². The number of carbonyl (C=O) groups excluding carboxylic acids is 2. The van der Waals surface area contributed by atoms with Crippen LogP contribution in [0.5, 0.6) is 0 Å². The molecule has 25 heavy (non-hydrogen) atoms. The predicted octanol–water partition coefficient (Wildman–Crippen LogP) is 0.690. The molecule has 0 aliphatic rings.